The zero-order valence-electron chi connectivity index (χ0n) is 23.9. The second kappa shape index (κ2) is 14.9. The first kappa shape index (κ1) is 30.4. The lowest BCUT2D eigenvalue weighted by molar-refractivity contribution is -0.140. The van der Waals surface area contributed by atoms with Gasteiger partial charge in [0.25, 0.3) is 0 Å². The number of rotatable bonds is 12. The van der Waals surface area contributed by atoms with Crippen molar-refractivity contribution in [1.82, 2.24) is 0 Å². The smallest absolute Gasteiger partial charge is 0.314 e. The molecule has 2 aliphatic rings. The highest BCUT2D eigenvalue weighted by Crippen LogP contribution is 2.41. The molecular formula is C33H43F3O4. The fourth-order valence-corrected chi connectivity index (χ4v) is 5.97. The molecule has 0 spiro atoms. The van der Waals surface area contributed by atoms with Gasteiger partial charge in [-0.05, 0) is 99.3 Å². The van der Waals surface area contributed by atoms with Crippen molar-refractivity contribution in [2.45, 2.75) is 109 Å². The maximum Gasteiger partial charge on any atom is 0.314 e. The Morgan fingerprint density at radius 2 is 1.35 bits per heavy atom. The largest absolute Gasteiger partial charge is 0.493 e. The summed E-state index contributed by atoms with van der Waals surface area (Å²) < 4.78 is 61.7. The fraction of sp³-hybridized carbons (Fsp3) is 0.606. The van der Waals surface area contributed by atoms with E-state index in [9.17, 15) is 9.18 Å². The summed E-state index contributed by atoms with van der Waals surface area (Å²) in [7, 11) is 0. The molecule has 2 aliphatic carbocycles. The summed E-state index contributed by atoms with van der Waals surface area (Å²) >= 11 is 0. The predicted molar refractivity (Wildman–Crippen MR) is 149 cm³/mol. The standard InChI is InChI=1S/C33H43F3O4/c1-3-5-19-38-25-13-11-23(12-14-25)28-17-16-27(31(35)32(28)36)22-7-9-24(10-8-22)33(37)40-30-18-15-26(21-29(30)34)39-20-6-4-2/h15-18,21-25H,3-14,19-20H2,1-2H3. The van der Waals surface area contributed by atoms with Crippen LogP contribution in [-0.2, 0) is 9.53 Å². The van der Waals surface area contributed by atoms with Gasteiger partial charge in [0.1, 0.15) is 5.75 Å². The molecule has 2 aromatic carbocycles. The molecule has 0 heterocycles. The quantitative estimate of drug-likeness (QED) is 0.148. The third kappa shape index (κ3) is 7.80. The molecule has 0 atom stereocenters. The number of carbonyl (C=O) groups excluding carboxylic acids is 1. The highest BCUT2D eigenvalue weighted by Gasteiger charge is 2.32. The number of benzene rings is 2. The third-order valence-electron chi connectivity index (χ3n) is 8.49. The van der Waals surface area contributed by atoms with Crippen LogP contribution in [0, 0.1) is 23.4 Å². The van der Waals surface area contributed by atoms with Crippen molar-refractivity contribution in [3.05, 3.63) is 58.9 Å². The molecule has 0 aromatic heterocycles. The molecule has 0 aliphatic heterocycles. The molecule has 220 valence electrons. The van der Waals surface area contributed by atoms with E-state index in [1.54, 1.807) is 18.2 Å². The van der Waals surface area contributed by atoms with Crippen molar-refractivity contribution < 1.29 is 32.2 Å². The molecule has 4 nitrogen and oxygen atoms in total. The third-order valence-corrected chi connectivity index (χ3v) is 8.49. The number of ether oxygens (including phenoxy) is 3. The van der Waals surface area contributed by atoms with Crippen LogP contribution in [0.25, 0.3) is 0 Å². The SMILES string of the molecule is CCCCOc1ccc(OC(=O)C2CCC(c3ccc(C4CCC(OCCCC)CC4)c(F)c3F)CC2)c(F)c1. The van der Waals surface area contributed by atoms with Gasteiger partial charge in [0, 0.05) is 12.7 Å². The molecule has 2 saturated carbocycles. The minimum atomic E-state index is -0.756. The second-order valence-electron chi connectivity index (χ2n) is 11.3. The highest BCUT2D eigenvalue weighted by molar-refractivity contribution is 5.75. The maximum absolute atomic E-state index is 15.3. The Bertz CT molecular complexity index is 1110. The van der Waals surface area contributed by atoms with Gasteiger partial charge in [-0.25, -0.2) is 13.2 Å². The summed E-state index contributed by atoms with van der Waals surface area (Å²) in [5.74, 6) is -2.91. The average Bonchev–Trinajstić information content (AvgIpc) is 2.97. The Balaban J connectivity index is 1.29. The van der Waals surface area contributed by atoms with E-state index in [4.69, 9.17) is 14.2 Å². The molecule has 0 bridgehead atoms. The van der Waals surface area contributed by atoms with Crippen molar-refractivity contribution in [3.63, 3.8) is 0 Å². The van der Waals surface area contributed by atoms with Gasteiger partial charge in [0.05, 0.1) is 18.6 Å². The lowest BCUT2D eigenvalue weighted by Crippen LogP contribution is -2.26. The molecular weight excluding hydrogens is 517 g/mol. The first-order valence-electron chi connectivity index (χ1n) is 15.1. The van der Waals surface area contributed by atoms with Gasteiger partial charge >= 0.3 is 5.97 Å². The molecule has 0 saturated heterocycles. The molecule has 0 N–H and O–H groups in total. The van der Waals surface area contributed by atoms with Crippen molar-refractivity contribution in [3.8, 4) is 11.5 Å². The Morgan fingerprint density at radius 3 is 1.93 bits per heavy atom. The Kier molecular flexibility index (Phi) is 11.3. The second-order valence-corrected chi connectivity index (χ2v) is 11.3. The average molecular weight is 561 g/mol. The van der Waals surface area contributed by atoms with Crippen LogP contribution in [0.15, 0.2) is 30.3 Å². The summed E-state index contributed by atoms with van der Waals surface area (Å²) in [5, 5.41) is 0. The lowest BCUT2D eigenvalue weighted by atomic mass is 9.77. The van der Waals surface area contributed by atoms with Crippen LogP contribution in [0.3, 0.4) is 0 Å². The molecule has 0 amide bonds. The Labute approximate surface area is 236 Å². The minimum absolute atomic E-state index is 0.0115. The Hall–Kier alpha value is -2.54. The van der Waals surface area contributed by atoms with Crippen molar-refractivity contribution in [2.75, 3.05) is 13.2 Å². The monoisotopic (exact) mass is 560 g/mol. The molecule has 0 radical (unpaired) electrons. The van der Waals surface area contributed by atoms with Gasteiger partial charge in [0.15, 0.2) is 23.2 Å². The van der Waals surface area contributed by atoms with Gasteiger partial charge in [0.2, 0.25) is 0 Å². The number of halogens is 3. The van der Waals surface area contributed by atoms with E-state index in [1.165, 1.54) is 12.1 Å². The first-order chi connectivity index (χ1) is 19.4. The van der Waals surface area contributed by atoms with Gasteiger partial charge in [-0.1, -0.05) is 38.8 Å². The lowest BCUT2D eigenvalue weighted by Gasteiger charge is -2.30. The van der Waals surface area contributed by atoms with Gasteiger partial charge in [-0.2, -0.15) is 0 Å². The van der Waals surface area contributed by atoms with Crippen molar-refractivity contribution in [1.29, 1.82) is 0 Å². The highest BCUT2D eigenvalue weighted by atomic mass is 19.2. The molecule has 2 fully saturated rings. The number of hydrogen-bond acceptors (Lipinski definition) is 4. The van der Waals surface area contributed by atoms with Crippen LogP contribution >= 0.6 is 0 Å². The van der Waals surface area contributed by atoms with Crippen LogP contribution in [0.4, 0.5) is 13.2 Å². The molecule has 40 heavy (non-hydrogen) atoms. The van der Waals surface area contributed by atoms with E-state index in [0.717, 1.165) is 58.0 Å². The predicted octanol–water partition coefficient (Wildman–Crippen LogP) is 9.01. The number of carbonyl (C=O) groups is 1. The number of esters is 1. The van der Waals surface area contributed by atoms with E-state index in [2.05, 4.69) is 6.92 Å². The maximum atomic E-state index is 15.3. The Morgan fingerprint density at radius 1 is 0.775 bits per heavy atom. The fourth-order valence-electron chi connectivity index (χ4n) is 5.97. The zero-order chi connectivity index (χ0) is 28.5. The van der Waals surface area contributed by atoms with Crippen LogP contribution in [0.1, 0.15) is 114 Å². The normalized spacial score (nSPS) is 23.1. The molecule has 7 heteroatoms. The molecule has 2 aromatic rings. The van der Waals surface area contributed by atoms with Gasteiger partial charge in [-0.15, -0.1) is 0 Å². The van der Waals surface area contributed by atoms with Crippen molar-refractivity contribution >= 4 is 5.97 Å². The van der Waals surface area contributed by atoms with Gasteiger partial charge < -0.3 is 14.2 Å². The van der Waals surface area contributed by atoms with E-state index in [1.807, 2.05) is 6.92 Å². The van der Waals surface area contributed by atoms with E-state index in [0.29, 0.717) is 49.2 Å². The first-order valence-corrected chi connectivity index (χ1v) is 15.1. The van der Waals surface area contributed by atoms with E-state index in [-0.39, 0.29) is 23.7 Å². The van der Waals surface area contributed by atoms with Crippen LogP contribution in [-0.4, -0.2) is 25.3 Å². The molecule has 4 rings (SSSR count). The number of hydrogen-bond donors (Lipinski definition) is 0. The van der Waals surface area contributed by atoms with Crippen molar-refractivity contribution in [2.24, 2.45) is 5.92 Å². The van der Waals surface area contributed by atoms with Crippen LogP contribution < -0.4 is 9.47 Å². The summed E-state index contributed by atoms with van der Waals surface area (Å²) in [6.45, 7) is 5.45. The zero-order valence-corrected chi connectivity index (χ0v) is 23.9. The van der Waals surface area contributed by atoms with E-state index < -0.39 is 29.3 Å². The molecule has 0 unspecified atom stereocenters. The van der Waals surface area contributed by atoms with Gasteiger partial charge in [-0.3, -0.25) is 4.79 Å². The summed E-state index contributed by atoms with van der Waals surface area (Å²) in [4.78, 5) is 12.7. The minimum Gasteiger partial charge on any atom is -0.493 e. The van der Waals surface area contributed by atoms with Crippen LogP contribution in [0.5, 0.6) is 11.5 Å². The van der Waals surface area contributed by atoms with E-state index >= 15 is 8.78 Å². The van der Waals surface area contributed by atoms with Crippen LogP contribution in [0.2, 0.25) is 0 Å². The summed E-state index contributed by atoms with van der Waals surface area (Å²) in [6, 6.07) is 7.72. The number of unbranched alkanes of at least 4 members (excludes halogenated alkanes) is 2. The summed E-state index contributed by atoms with van der Waals surface area (Å²) in [5.41, 5.74) is 0.851. The summed E-state index contributed by atoms with van der Waals surface area (Å²) in [6.07, 6.45) is 9.61. The topological polar surface area (TPSA) is 44.8 Å².